The highest BCUT2D eigenvalue weighted by Gasteiger charge is 2.14. The van der Waals surface area contributed by atoms with Gasteiger partial charge in [0.2, 0.25) is 0 Å². The van der Waals surface area contributed by atoms with Crippen molar-refractivity contribution in [3.8, 4) is 17.2 Å². The van der Waals surface area contributed by atoms with Crippen LogP contribution in [0.25, 0.3) is 16.6 Å². The maximum Gasteiger partial charge on any atom is 0.266 e. The zero-order chi connectivity index (χ0) is 22.5. The molecule has 3 N–H and O–H groups in total. The Kier molecular flexibility index (Phi) is 6.18. The predicted octanol–water partition coefficient (Wildman–Crippen LogP) is 3.04. The van der Waals surface area contributed by atoms with Gasteiger partial charge in [-0.05, 0) is 36.4 Å². The highest BCUT2D eigenvalue weighted by molar-refractivity contribution is 7.99. The van der Waals surface area contributed by atoms with Gasteiger partial charge in [-0.2, -0.15) is 5.10 Å². The fourth-order valence-electron chi connectivity index (χ4n) is 2.99. The number of rotatable bonds is 6. The highest BCUT2D eigenvalue weighted by Crippen LogP contribution is 2.22. The van der Waals surface area contributed by atoms with E-state index in [0.29, 0.717) is 27.3 Å². The van der Waals surface area contributed by atoms with Crippen molar-refractivity contribution in [3.63, 3.8) is 0 Å². The molecule has 0 aliphatic rings. The second kappa shape index (κ2) is 9.36. The van der Waals surface area contributed by atoms with Gasteiger partial charge in [0.15, 0.2) is 5.16 Å². The molecule has 4 rings (SSSR count). The standard InChI is InChI=1S/C23H18N4O4S/c28-17-11-10-15(20(29)12-17)13-24-26-21(30)14-32-23-25-19-9-5-4-8-18(19)22(31)27(23)16-6-2-1-3-7-16/h1-13,28-29H,14H2,(H,26,30). The number of hydrogen-bond acceptors (Lipinski definition) is 7. The Balaban J connectivity index is 1.54. The first-order chi connectivity index (χ1) is 15.5. The number of nitrogens with one attached hydrogen (secondary N) is 1. The van der Waals surface area contributed by atoms with Gasteiger partial charge in [-0.15, -0.1) is 0 Å². The summed E-state index contributed by atoms with van der Waals surface area (Å²) in [7, 11) is 0. The number of fused-ring (bicyclic) bond motifs is 1. The van der Waals surface area contributed by atoms with Crippen molar-refractivity contribution < 1.29 is 15.0 Å². The summed E-state index contributed by atoms with van der Waals surface area (Å²) in [5.41, 5.74) is 3.70. The molecule has 0 aliphatic carbocycles. The number of carbonyl (C=O) groups is 1. The summed E-state index contributed by atoms with van der Waals surface area (Å²) < 4.78 is 1.48. The quantitative estimate of drug-likeness (QED) is 0.181. The van der Waals surface area contributed by atoms with Gasteiger partial charge < -0.3 is 10.2 Å². The van der Waals surface area contributed by atoms with Crippen LogP contribution in [-0.2, 0) is 4.79 Å². The Morgan fingerprint density at radius 3 is 2.59 bits per heavy atom. The number of hydrazone groups is 1. The summed E-state index contributed by atoms with van der Waals surface area (Å²) in [6.07, 6.45) is 1.27. The molecule has 32 heavy (non-hydrogen) atoms. The van der Waals surface area contributed by atoms with E-state index in [2.05, 4.69) is 15.5 Å². The maximum absolute atomic E-state index is 13.1. The molecular formula is C23H18N4O4S. The lowest BCUT2D eigenvalue weighted by molar-refractivity contribution is -0.118. The lowest BCUT2D eigenvalue weighted by atomic mass is 10.2. The van der Waals surface area contributed by atoms with Gasteiger partial charge in [-0.25, -0.2) is 10.4 Å². The van der Waals surface area contributed by atoms with Crippen molar-refractivity contribution in [1.82, 2.24) is 15.0 Å². The number of aromatic hydroxyl groups is 2. The van der Waals surface area contributed by atoms with Crippen LogP contribution < -0.4 is 11.0 Å². The third-order valence-corrected chi connectivity index (χ3v) is 5.44. The number of phenolic OH excluding ortho intramolecular Hbond substituents is 2. The SMILES string of the molecule is O=C(CSc1nc2ccccc2c(=O)n1-c1ccccc1)NN=Cc1ccc(O)cc1O. The Morgan fingerprint density at radius 1 is 1.06 bits per heavy atom. The molecule has 9 heteroatoms. The molecule has 3 aromatic carbocycles. The molecule has 8 nitrogen and oxygen atoms in total. The number of carbonyl (C=O) groups excluding carboxylic acids is 1. The van der Waals surface area contributed by atoms with Gasteiger partial charge in [-0.1, -0.05) is 42.1 Å². The molecule has 0 radical (unpaired) electrons. The average molecular weight is 446 g/mol. The molecule has 0 unspecified atom stereocenters. The van der Waals surface area contributed by atoms with Gasteiger partial charge >= 0.3 is 0 Å². The first-order valence-corrected chi connectivity index (χ1v) is 10.6. The van der Waals surface area contributed by atoms with Crippen LogP contribution in [0.1, 0.15) is 5.56 Å². The number of thioether (sulfide) groups is 1. The summed E-state index contributed by atoms with van der Waals surface area (Å²) in [5, 5.41) is 23.8. The first-order valence-electron chi connectivity index (χ1n) is 9.57. The molecule has 0 aliphatic heterocycles. The maximum atomic E-state index is 13.1. The summed E-state index contributed by atoms with van der Waals surface area (Å²) in [6.45, 7) is 0. The number of amides is 1. The normalized spacial score (nSPS) is 11.1. The molecular weight excluding hydrogens is 428 g/mol. The van der Waals surface area contributed by atoms with Crippen molar-refractivity contribution in [3.05, 3.63) is 88.7 Å². The molecule has 0 fully saturated rings. The van der Waals surface area contributed by atoms with E-state index in [1.807, 2.05) is 18.2 Å². The minimum atomic E-state index is -0.411. The van der Waals surface area contributed by atoms with Crippen molar-refractivity contribution >= 4 is 34.8 Å². The number of hydrogen-bond donors (Lipinski definition) is 3. The van der Waals surface area contributed by atoms with Crippen molar-refractivity contribution in [1.29, 1.82) is 0 Å². The lowest BCUT2D eigenvalue weighted by Gasteiger charge is -2.12. The van der Waals surface area contributed by atoms with E-state index in [1.165, 1.54) is 29.0 Å². The van der Waals surface area contributed by atoms with Crippen LogP contribution in [-0.4, -0.2) is 37.6 Å². The molecule has 0 spiro atoms. The van der Waals surface area contributed by atoms with E-state index in [-0.39, 0.29) is 22.8 Å². The molecule has 0 atom stereocenters. The fraction of sp³-hybridized carbons (Fsp3) is 0.0435. The molecule has 1 amide bonds. The number of para-hydroxylation sites is 2. The van der Waals surface area contributed by atoms with Crippen LogP contribution >= 0.6 is 11.8 Å². The molecule has 0 saturated heterocycles. The monoisotopic (exact) mass is 446 g/mol. The molecule has 4 aromatic rings. The highest BCUT2D eigenvalue weighted by atomic mass is 32.2. The molecule has 0 saturated carbocycles. The van der Waals surface area contributed by atoms with Gasteiger partial charge in [0.05, 0.1) is 28.6 Å². The molecule has 1 heterocycles. The Hall–Kier alpha value is -4.11. The van der Waals surface area contributed by atoms with Crippen molar-refractivity contribution in [2.75, 3.05) is 5.75 Å². The second-order valence-electron chi connectivity index (χ2n) is 6.71. The number of phenols is 2. The lowest BCUT2D eigenvalue weighted by Crippen LogP contribution is -2.24. The van der Waals surface area contributed by atoms with Crippen LogP contribution in [0.3, 0.4) is 0 Å². The van der Waals surface area contributed by atoms with Crippen LogP contribution in [0.5, 0.6) is 11.5 Å². The van der Waals surface area contributed by atoms with Gasteiger partial charge in [0.1, 0.15) is 11.5 Å². The third kappa shape index (κ3) is 4.62. The van der Waals surface area contributed by atoms with Crippen LogP contribution in [0, 0.1) is 0 Å². The van der Waals surface area contributed by atoms with Crippen LogP contribution in [0.4, 0.5) is 0 Å². The van der Waals surface area contributed by atoms with Gasteiger partial charge in [0.25, 0.3) is 11.5 Å². The Bertz CT molecular complexity index is 1370. The van der Waals surface area contributed by atoms with E-state index in [9.17, 15) is 19.8 Å². The minimum absolute atomic E-state index is 0.0312. The summed E-state index contributed by atoms with van der Waals surface area (Å²) in [5.74, 6) is -0.681. The van der Waals surface area contributed by atoms with E-state index >= 15 is 0 Å². The number of aromatic nitrogens is 2. The summed E-state index contributed by atoms with van der Waals surface area (Å²) in [4.78, 5) is 30.0. The van der Waals surface area contributed by atoms with Crippen LogP contribution in [0.2, 0.25) is 0 Å². The number of benzene rings is 3. The summed E-state index contributed by atoms with van der Waals surface area (Å²) >= 11 is 1.11. The number of nitrogens with zero attached hydrogens (tertiary/aromatic N) is 3. The molecule has 0 bridgehead atoms. The zero-order valence-corrected chi connectivity index (χ0v) is 17.5. The Labute approximate surface area is 186 Å². The van der Waals surface area contributed by atoms with Crippen molar-refractivity contribution in [2.45, 2.75) is 5.16 Å². The largest absolute Gasteiger partial charge is 0.508 e. The van der Waals surface area contributed by atoms with Crippen molar-refractivity contribution in [2.24, 2.45) is 5.10 Å². The third-order valence-electron chi connectivity index (χ3n) is 4.50. The van der Waals surface area contributed by atoms with Crippen LogP contribution in [0.15, 0.2) is 87.8 Å². The van der Waals surface area contributed by atoms with Gasteiger partial charge in [0, 0.05) is 11.6 Å². The minimum Gasteiger partial charge on any atom is -0.508 e. The Morgan fingerprint density at radius 2 is 1.81 bits per heavy atom. The summed E-state index contributed by atoms with van der Waals surface area (Å²) in [6, 6.07) is 20.2. The average Bonchev–Trinajstić information content (AvgIpc) is 2.80. The van der Waals surface area contributed by atoms with E-state index in [0.717, 1.165) is 11.8 Å². The van der Waals surface area contributed by atoms with Gasteiger partial charge in [-0.3, -0.25) is 14.2 Å². The van der Waals surface area contributed by atoms with E-state index in [1.54, 1.807) is 36.4 Å². The molecule has 160 valence electrons. The zero-order valence-electron chi connectivity index (χ0n) is 16.7. The van der Waals surface area contributed by atoms with E-state index in [4.69, 9.17) is 0 Å². The predicted molar refractivity (Wildman–Crippen MR) is 124 cm³/mol. The smallest absolute Gasteiger partial charge is 0.266 e. The van der Waals surface area contributed by atoms with E-state index < -0.39 is 5.91 Å². The fourth-order valence-corrected chi connectivity index (χ4v) is 3.80. The second-order valence-corrected chi connectivity index (χ2v) is 7.66. The topological polar surface area (TPSA) is 117 Å². The first kappa shape index (κ1) is 21.1. The molecule has 1 aromatic heterocycles.